The second-order valence-electron chi connectivity index (χ2n) is 10.4. The maximum Gasteiger partial charge on any atom is 0.573 e. The van der Waals surface area contributed by atoms with Crippen LogP contribution in [0, 0.1) is 23.2 Å². The fourth-order valence-corrected chi connectivity index (χ4v) is 6.58. The fraction of sp³-hybridized carbons (Fsp3) is 0.583. The highest BCUT2D eigenvalue weighted by atomic mass is 19.4. The van der Waals surface area contributed by atoms with Gasteiger partial charge in [0.2, 0.25) is 5.95 Å². The molecule has 4 saturated carbocycles. The molecular formula is C24H27F6N5O. The first-order valence-electron chi connectivity index (χ1n) is 11.9. The lowest BCUT2D eigenvalue weighted by molar-refractivity contribution is -0.274. The molecule has 4 aliphatic rings. The standard InChI is InChI=1S/C24H27F6N5O/c25-23(26,27)17-11-33-21(34-12-22-7-13-5-15(8-22)19(31)16(6-13)9-22)35-20(17)32-10-14-3-1-2-4-18(14)36-24(28,29)30/h1-4,11,13,15-16,19H,5-10,12,31H2,(H2,32,33,34,35)/t13?,15-,16+,19?,22?. The Bertz CT molecular complexity index is 1090. The summed E-state index contributed by atoms with van der Waals surface area (Å²) in [5, 5.41) is 5.66. The molecule has 0 spiro atoms. The summed E-state index contributed by atoms with van der Waals surface area (Å²) in [6.07, 6.45) is -3.69. The molecule has 6 nitrogen and oxygen atoms in total. The number of nitrogens with zero attached hydrogens (tertiary/aromatic N) is 2. The van der Waals surface area contributed by atoms with E-state index in [1.165, 1.54) is 18.2 Å². The Morgan fingerprint density at radius 3 is 2.36 bits per heavy atom. The molecule has 4 aliphatic carbocycles. The first-order chi connectivity index (χ1) is 16.9. The number of nitrogens with one attached hydrogen (secondary N) is 2. The first-order valence-corrected chi connectivity index (χ1v) is 11.9. The SMILES string of the molecule is NC1[C@@H]2CC3C[C@H]1CC(CNc1ncc(C(F)(F)F)c(NCc4ccccc4OC(F)(F)F)n1)(C3)C2. The number of para-hydroxylation sites is 1. The normalized spacial score (nSPS) is 29.3. The Morgan fingerprint density at radius 1 is 1.00 bits per heavy atom. The first kappa shape index (κ1) is 24.9. The van der Waals surface area contributed by atoms with Gasteiger partial charge in [0.25, 0.3) is 0 Å². The van der Waals surface area contributed by atoms with E-state index in [0.717, 1.165) is 38.2 Å². The van der Waals surface area contributed by atoms with E-state index in [-0.39, 0.29) is 29.5 Å². The minimum absolute atomic E-state index is 0.0277. The van der Waals surface area contributed by atoms with Gasteiger partial charge < -0.3 is 21.1 Å². The molecule has 1 aromatic carbocycles. The molecule has 3 unspecified atom stereocenters. The summed E-state index contributed by atoms with van der Waals surface area (Å²) >= 11 is 0. The van der Waals surface area contributed by atoms with Crippen LogP contribution in [0.25, 0.3) is 0 Å². The average molecular weight is 516 g/mol. The summed E-state index contributed by atoms with van der Waals surface area (Å²) in [7, 11) is 0. The van der Waals surface area contributed by atoms with Crippen LogP contribution >= 0.6 is 0 Å². The van der Waals surface area contributed by atoms with Crippen molar-refractivity contribution in [2.24, 2.45) is 28.9 Å². The zero-order valence-electron chi connectivity index (χ0n) is 19.3. The second-order valence-corrected chi connectivity index (χ2v) is 10.4. The molecule has 0 aliphatic heterocycles. The van der Waals surface area contributed by atoms with Gasteiger partial charge in [-0.15, -0.1) is 13.2 Å². The molecule has 1 heterocycles. The van der Waals surface area contributed by atoms with Crippen molar-refractivity contribution in [3.05, 3.63) is 41.6 Å². The van der Waals surface area contributed by atoms with Crippen LogP contribution in [0.5, 0.6) is 5.75 Å². The van der Waals surface area contributed by atoms with E-state index in [2.05, 4.69) is 25.3 Å². The molecule has 0 saturated heterocycles. The van der Waals surface area contributed by atoms with Crippen LogP contribution in [-0.4, -0.2) is 28.9 Å². The van der Waals surface area contributed by atoms with E-state index in [1.54, 1.807) is 0 Å². The molecule has 196 valence electrons. The van der Waals surface area contributed by atoms with Crippen LogP contribution in [-0.2, 0) is 12.7 Å². The zero-order chi connectivity index (χ0) is 25.7. The molecule has 36 heavy (non-hydrogen) atoms. The molecule has 1 aromatic heterocycles. The molecule has 4 bridgehead atoms. The summed E-state index contributed by atoms with van der Waals surface area (Å²) in [5.74, 6) is 0.595. The van der Waals surface area contributed by atoms with Crippen LogP contribution in [0.3, 0.4) is 0 Å². The Kier molecular flexibility index (Phi) is 6.20. The summed E-state index contributed by atoms with van der Waals surface area (Å²) in [6.45, 7) is 0.176. The molecule has 5 atom stereocenters. The van der Waals surface area contributed by atoms with Crippen molar-refractivity contribution >= 4 is 11.8 Å². The predicted molar refractivity (Wildman–Crippen MR) is 120 cm³/mol. The minimum atomic E-state index is -4.93. The van der Waals surface area contributed by atoms with Crippen LogP contribution in [0.15, 0.2) is 30.5 Å². The van der Waals surface area contributed by atoms with Gasteiger partial charge in [-0.3, -0.25) is 0 Å². The number of halogens is 6. The van der Waals surface area contributed by atoms with Gasteiger partial charge in [-0.25, -0.2) is 4.98 Å². The number of hydrogen-bond donors (Lipinski definition) is 3. The van der Waals surface area contributed by atoms with Gasteiger partial charge in [-0.2, -0.15) is 18.2 Å². The van der Waals surface area contributed by atoms with Gasteiger partial charge in [0, 0.05) is 30.9 Å². The highest BCUT2D eigenvalue weighted by Crippen LogP contribution is 2.59. The summed E-state index contributed by atoms with van der Waals surface area (Å²) in [6, 6.07) is 5.46. The van der Waals surface area contributed by atoms with E-state index in [4.69, 9.17) is 5.73 Å². The van der Waals surface area contributed by atoms with Crippen LogP contribution in [0.2, 0.25) is 0 Å². The quantitative estimate of drug-likeness (QED) is 0.418. The van der Waals surface area contributed by atoms with Gasteiger partial charge in [-0.05, 0) is 61.3 Å². The lowest BCUT2D eigenvalue weighted by atomic mass is 9.48. The van der Waals surface area contributed by atoms with Crippen molar-refractivity contribution < 1.29 is 31.1 Å². The molecule has 6 rings (SSSR count). The van der Waals surface area contributed by atoms with Crippen LogP contribution in [0.1, 0.15) is 43.2 Å². The van der Waals surface area contributed by atoms with Gasteiger partial charge >= 0.3 is 12.5 Å². The van der Waals surface area contributed by atoms with Crippen molar-refractivity contribution in [1.29, 1.82) is 0 Å². The molecule has 2 aromatic rings. The van der Waals surface area contributed by atoms with E-state index in [9.17, 15) is 26.3 Å². The van der Waals surface area contributed by atoms with Gasteiger partial charge in [-0.1, -0.05) is 18.2 Å². The second kappa shape index (κ2) is 8.97. The highest BCUT2D eigenvalue weighted by molar-refractivity contribution is 5.50. The number of ether oxygens (including phenoxy) is 1. The Morgan fingerprint density at radius 2 is 1.69 bits per heavy atom. The van der Waals surface area contributed by atoms with E-state index < -0.39 is 29.7 Å². The average Bonchev–Trinajstić information content (AvgIpc) is 2.78. The number of rotatable bonds is 7. The van der Waals surface area contributed by atoms with E-state index in [0.29, 0.717) is 30.5 Å². The number of benzene rings is 1. The van der Waals surface area contributed by atoms with E-state index >= 15 is 0 Å². The molecule has 0 amide bonds. The maximum atomic E-state index is 13.6. The predicted octanol–water partition coefficient (Wildman–Crippen LogP) is 5.57. The van der Waals surface area contributed by atoms with Gasteiger partial charge in [0.05, 0.1) is 0 Å². The number of nitrogens with two attached hydrogens (primary N) is 1. The molecular weight excluding hydrogens is 488 g/mol. The summed E-state index contributed by atoms with van der Waals surface area (Å²) < 4.78 is 82.9. The number of aromatic nitrogens is 2. The third kappa shape index (κ3) is 5.18. The fourth-order valence-electron chi connectivity index (χ4n) is 6.58. The number of alkyl halides is 6. The van der Waals surface area contributed by atoms with Gasteiger partial charge in [0.1, 0.15) is 17.1 Å². The van der Waals surface area contributed by atoms with Crippen LogP contribution < -0.4 is 21.1 Å². The lowest BCUT2D eigenvalue weighted by Crippen LogP contribution is -2.58. The maximum absolute atomic E-state index is 13.6. The van der Waals surface area contributed by atoms with E-state index in [1.807, 2.05) is 0 Å². The molecule has 0 radical (unpaired) electrons. The Labute approximate surface area is 204 Å². The minimum Gasteiger partial charge on any atom is -0.405 e. The number of anilines is 2. The van der Waals surface area contributed by atoms with Crippen molar-refractivity contribution in [3.63, 3.8) is 0 Å². The largest absolute Gasteiger partial charge is 0.573 e. The van der Waals surface area contributed by atoms with Crippen LogP contribution in [0.4, 0.5) is 38.1 Å². The lowest BCUT2D eigenvalue weighted by Gasteiger charge is -2.59. The smallest absolute Gasteiger partial charge is 0.405 e. The molecule has 12 heteroatoms. The summed E-state index contributed by atoms with van der Waals surface area (Å²) in [4.78, 5) is 7.93. The van der Waals surface area contributed by atoms with Crippen molar-refractivity contribution in [2.75, 3.05) is 17.2 Å². The molecule has 4 fully saturated rings. The Balaban J connectivity index is 1.32. The summed E-state index contributed by atoms with van der Waals surface area (Å²) in [5.41, 5.74) is 5.35. The van der Waals surface area contributed by atoms with Gasteiger partial charge in [0.15, 0.2) is 0 Å². The number of hydrogen-bond acceptors (Lipinski definition) is 6. The topological polar surface area (TPSA) is 85.1 Å². The molecule has 4 N–H and O–H groups in total. The third-order valence-electron chi connectivity index (χ3n) is 7.83. The zero-order valence-corrected chi connectivity index (χ0v) is 19.3. The monoisotopic (exact) mass is 515 g/mol. The van der Waals surface area contributed by atoms with Crippen molar-refractivity contribution in [3.8, 4) is 5.75 Å². The van der Waals surface area contributed by atoms with Crippen molar-refractivity contribution in [1.82, 2.24) is 9.97 Å². The highest BCUT2D eigenvalue weighted by Gasteiger charge is 2.54. The van der Waals surface area contributed by atoms with Crippen molar-refractivity contribution in [2.45, 2.75) is 57.2 Å². The third-order valence-corrected chi connectivity index (χ3v) is 7.83. The Hall–Kier alpha value is -2.76.